The quantitative estimate of drug-likeness (QED) is 0.424. The van der Waals surface area contributed by atoms with Gasteiger partial charge in [-0.15, -0.1) is 0 Å². The van der Waals surface area contributed by atoms with Gasteiger partial charge in [0, 0.05) is 17.5 Å². The van der Waals surface area contributed by atoms with Crippen LogP contribution >= 0.6 is 0 Å². The molecule has 0 fully saturated rings. The third-order valence-electron chi connectivity index (χ3n) is 3.69. The fourth-order valence-electron chi connectivity index (χ4n) is 2.19. The molecule has 0 bridgehead atoms. The number of carbonyl (C=O) groups excluding carboxylic acids is 3. The molecule has 0 saturated heterocycles. The number of amides is 1. The first-order valence-corrected chi connectivity index (χ1v) is 8.24. The maximum atomic E-state index is 11.7. The van der Waals surface area contributed by atoms with Crippen LogP contribution in [0.4, 0.5) is 0 Å². The van der Waals surface area contributed by atoms with Crippen molar-refractivity contribution in [1.29, 1.82) is 0 Å². The van der Waals surface area contributed by atoms with Crippen LogP contribution in [-0.2, 0) is 16.1 Å². The highest BCUT2D eigenvalue weighted by Crippen LogP contribution is 2.13. The lowest BCUT2D eigenvalue weighted by Crippen LogP contribution is -2.11. The van der Waals surface area contributed by atoms with E-state index in [9.17, 15) is 14.4 Å². The lowest BCUT2D eigenvalue weighted by Gasteiger charge is -2.07. The van der Waals surface area contributed by atoms with Crippen LogP contribution in [-0.4, -0.2) is 24.3 Å². The minimum Gasteiger partial charge on any atom is -0.494 e. The van der Waals surface area contributed by atoms with Gasteiger partial charge in [-0.2, -0.15) is 0 Å². The summed E-state index contributed by atoms with van der Waals surface area (Å²) >= 11 is 0. The Bertz CT molecular complexity index is 766. The highest BCUT2D eigenvalue weighted by molar-refractivity contribution is 5.94. The van der Waals surface area contributed by atoms with Crippen molar-refractivity contribution in [2.45, 2.75) is 26.4 Å². The van der Waals surface area contributed by atoms with Gasteiger partial charge in [-0.3, -0.25) is 14.4 Å². The van der Waals surface area contributed by atoms with Crippen molar-refractivity contribution in [3.8, 4) is 5.75 Å². The Kier molecular flexibility index (Phi) is 6.91. The first kappa shape index (κ1) is 19.2. The second-order valence-electron chi connectivity index (χ2n) is 5.75. The Morgan fingerprint density at radius 3 is 2.12 bits per heavy atom. The Labute approximate surface area is 151 Å². The van der Waals surface area contributed by atoms with E-state index in [0.717, 1.165) is 5.56 Å². The zero-order valence-corrected chi connectivity index (χ0v) is 14.6. The van der Waals surface area contributed by atoms with Gasteiger partial charge in [0.05, 0.1) is 6.61 Å². The van der Waals surface area contributed by atoms with Crippen LogP contribution in [0.3, 0.4) is 0 Å². The standard InChI is InChI=1S/C20H21NO5/c1-14(22)16-8-10-18(11-9-16)25-12-2-3-19(23)26-13-15-4-6-17(7-5-15)20(21)24/h4-11H,2-3,12-13H2,1H3,(H2,21,24). The monoisotopic (exact) mass is 355 g/mol. The molecule has 0 aromatic heterocycles. The Morgan fingerprint density at radius 1 is 0.923 bits per heavy atom. The van der Waals surface area contributed by atoms with Crippen molar-refractivity contribution < 1.29 is 23.9 Å². The molecule has 0 spiro atoms. The largest absolute Gasteiger partial charge is 0.494 e. The summed E-state index contributed by atoms with van der Waals surface area (Å²) in [4.78, 5) is 33.9. The number of benzene rings is 2. The van der Waals surface area contributed by atoms with Crippen molar-refractivity contribution in [3.63, 3.8) is 0 Å². The van der Waals surface area contributed by atoms with Crippen LogP contribution < -0.4 is 10.5 Å². The van der Waals surface area contributed by atoms with E-state index < -0.39 is 5.91 Å². The van der Waals surface area contributed by atoms with E-state index in [1.807, 2.05) is 0 Å². The lowest BCUT2D eigenvalue weighted by molar-refractivity contribution is -0.145. The summed E-state index contributed by atoms with van der Waals surface area (Å²) in [5.74, 6) is -0.162. The third kappa shape index (κ3) is 6.05. The Morgan fingerprint density at radius 2 is 1.54 bits per heavy atom. The lowest BCUT2D eigenvalue weighted by atomic mass is 10.1. The number of ketones is 1. The molecule has 6 nitrogen and oxygen atoms in total. The number of primary amides is 1. The Balaban J connectivity index is 1.65. The molecule has 2 N–H and O–H groups in total. The molecule has 0 atom stereocenters. The molecule has 6 heteroatoms. The van der Waals surface area contributed by atoms with Crippen molar-refractivity contribution in [2.24, 2.45) is 5.73 Å². The van der Waals surface area contributed by atoms with Crippen molar-refractivity contribution in [3.05, 3.63) is 65.2 Å². The molecule has 0 radical (unpaired) electrons. The second kappa shape index (κ2) is 9.36. The van der Waals surface area contributed by atoms with Gasteiger partial charge in [-0.25, -0.2) is 0 Å². The molecule has 2 aromatic rings. The van der Waals surface area contributed by atoms with Crippen molar-refractivity contribution >= 4 is 17.7 Å². The second-order valence-corrected chi connectivity index (χ2v) is 5.75. The van der Waals surface area contributed by atoms with Crippen LogP contribution in [0.2, 0.25) is 0 Å². The van der Waals surface area contributed by atoms with E-state index >= 15 is 0 Å². The van der Waals surface area contributed by atoms with E-state index in [-0.39, 0.29) is 24.8 Å². The maximum absolute atomic E-state index is 11.7. The van der Waals surface area contributed by atoms with Gasteiger partial charge in [0.2, 0.25) is 5.91 Å². The predicted octanol–water partition coefficient (Wildman–Crippen LogP) is 2.89. The molecule has 2 aromatic carbocycles. The van der Waals surface area contributed by atoms with E-state index in [0.29, 0.717) is 29.9 Å². The maximum Gasteiger partial charge on any atom is 0.306 e. The minimum atomic E-state index is -0.496. The number of Topliss-reactive ketones (excluding diaryl/α,β-unsaturated/α-hetero) is 1. The van der Waals surface area contributed by atoms with Gasteiger partial charge >= 0.3 is 5.97 Å². The average molecular weight is 355 g/mol. The molecule has 0 saturated carbocycles. The van der Waals surface area contributed by atoms with Gasteiger partial charge in [0.15, 0.2) is 5.78 Å². The summed E-state index contributed by atoms with van der Waals surface area (Å²) in [6, 6.07) is 13.4. The zero-order chi connectivity index (χ0) is 18.9. The number of hydrogen-bond donors (Lipinski definition) is 1. The van der Waals surface area contributed by atoms with E-state index in [4.69, 9.17) is 15.2 Å². The number of rotatable bonds is 9. The highest BCUT2D eigenvalue weighted by atomic mass is 16.5. The smallest absolute Gasteiger partial charge is 0.306 e. The summed E-state index contributed by atoms with van der Waals surface area (Å²) in [6.45, 7) is 2.03. The summed E-state index contributed by atoms with van der Waals surface area (Å²) < 4.78 is 10.7. The van der Waals surface area contributed by atoms with Gasteiger partial charge in [0.1, 0.15) is 12.4 Å². The topological polar surface area (TPSA) is 95.7 Å². The summed E-state index contributed by atoms with van der Waals surface area (Å²) in [6.07, 6.45) is 0.763. The summed E-state index contributed by atoms with van der Waals surface area (Å²) in [5, 5.41) is 0. The van der Waals surface area contributed by atoms with Gasteiger partial charge in [-0.1, -0.05) is 12.1 Å². The van der Waals surface area contributed by atoms with Crippen LogP contribution in [0.1, 0.15) is 46.0 Å². The predicted molar refractivity (Wildman–Crippen MR) is 95.9 cm³/mol. The molecule has 136 valence electrons. The average Bonchev–Trinajstić information content (AvgIpc) is 2.64. The first-order valence-electron chi connectivity index (χ1n) is 8.24. The fourth-order valence-corrected chi connectivity index (χ4v) is 2.19. The third-order valence-corrected chi connectivity index (χ3v) is 3.69. The highest BCUT2D eigenvalue weighted by Gasteiger charge is 2.05. The molecule has 0 aliphatic rings. The zero-order valence-electron chi connectivity index (χ0n) is 14.6. The van der Waals surface area contributed by atoms with Gasteiger partial charge in [0.25, 0.3) is 0 Å². The molecule has 0 aliphatic carbocycles. The molecule has 26 heavy (non-hydrogen) atoms. The number of esters is 1. The molecule has 0 unspecified atom stereocenters. The fraction of sp³-hybridized carbons (Fsp3) is 0.250. The van der Waals surface area contributed by atoms with E-state index in [1.165, 1.54) is 6.92 Å². The van der Waals surface area contributed by atoms with Crippen LogP contribution in [0.15, 0.2) is 48.5 Å². The molecule has 2 rings (SSSR count). The van der Waals surface area contributed by atoms with Crippen LogP contribution in [0.25, 0.3) is 0 Å². The molecule has 0 aliphatic heterocycles. The molecule has 0 heterocycles. The first-order chi connectivity index (χ1) is 12.5. The molecular formula is C20H21NO5. The van der Waals surface area contributed by atoms with Gasteiger partial charge < -0.3 is 15.2 Å². The number of nitrogens with two attached hydrogens (primary N) is 1. The number of carbonyl (C=O) groups is 3. The van der Waals surface area contributed by atoms with Gasteiger partial charge in [-0.05, 0) is 55.3 Å². The SMILES string of the molecule is CC(=O)c1ccc(OCCCC(=O)OCc2ccc(C(N)=O)cc2)cc1. The molecule has 1 amide bonds. The summed E-state index contributed by atoms with van der Waals surface area (Å²) in [7, 11) is 0. The molecular weight excluding hydrogens is 334 g/mol. The van der Waals surface area contributed by atoms with E-state index in [1.54, 1.807) is 48.5 Å². The van der Waals surface area contributed by atoms with E-state index in [2.05, 4.69) is 0 Å². The van der Waals surface area contributed by atoms with Crippen molar-refractivity contribution in [2.75, 3.05) is 6.61 Å². The summed E-state index contributed by atoms with van der Waals surface area (Å²) in [5.41, 5.74) is 6.99. The number of ether oxygens (including phenoxy) is 2. The normalized spacial score (nSPS) is 10.2. The number of hydrogen-bond acceptors (Lipinski definition) is 5. The minimum absolute atomic E-state index is 0.00330. The van der Waals surface area contributed by atoms with Crippen LogP contribution in [0, 0.1) is 0 Å². The van der Waals surface area contributed by atoms with Crippen molar-refractivity contribution in [1.82, 2.24) is 0 Å². The Hall–Kier alpha value is -3.15. The van der Waals surface area contributed by atoms with Crippen LogP contribution in [0.5, 0.6) is 5.75 Å².